The predicted molar refractivity (Wildman–Crippen MR) is 85.6 cm³/mol. The molecule has 6 N–H and O–H groups in total. The molecule has 0 radical (unpaired) electrons. The fraction of sp³-hybridized carbons (Fsp3) is 0.0714. The molecule has 2 rings (SSSR count). The van der Waals surface area contributed by atoms with Crippen molar-refractivity contribution >= 4 is 35.0 Å². The lowest BCUT2D eigenvalue weighted by atomic mass is 10.3. The normalized spacial score (nSPS) is 10.5. The van der Waals surface area contributed by atoms with Crippen molar-refractivity contribution in [2.45, 2.75) is 0 Å². The molecular formula is C14H14N6O4. The average Bonchev–Trinajstić information content (AvgIpc) is 2.53. The highest BCUT2D eigenvalue weighted by atomic mass is 16.4. The van der Waals surface area contributed by atoms with Crippen LogP contribution in [0.25, 0.3) is 0 Å². The minimum absolute atomic E-state index is 0.0122. The molecule has 124 valence electrons. The molecule has 0 unspecified atom stereocenters. The lowest BCUT2D eigenvalue weighted by molar-refractivity contribution is -0.115. The number of aromatic nitrogens is 1. The second-order valence-electron chi connectivity index (χ2n) is 4.50. The Labute approximate surface area is 136 Å². The van der Waals surface area contributed by atoms with Gasteiger partial charge in [-0.3, -0.25) is 4.79 Å². The number of phenols is 1. The van der Waals surface area contributed by atoms with Gasteiger partial charge in [-0.1, -0.05) is 12.1 Å². The Morgan fingerprint density at radius 2 is 1.83 bits per heavy atom. The fourth-order valence-corrected chi connectivity index (χ4v) is 1.62. The molecule has 0 aliphatic rings. The zero-order valence-corrected chi connectivity index (χ0v) is 12.3. The molecule has 10 nitrogen and oxygen atoms in total. The van der Waals surface area contributed by atoms with Gasteiger partial charge in [0.05, 0.1) is 0 Å². The van der Waals surface area contributed by atoms with Crippen LogP contribution in [-0.4, -0.2) is 33.7 Å². The molecule has 2 amide bonds. The average molecular weight is 330 g/mol. The number of aromatic hydroxyl groups is 1. The zero-order chi connectivity index (χ0) is 17.5. The lowest BCUT2D eigenvalue weighted by Gasteiger charge is -2.06. The summed E-state index contributed by atoms with van der Waals surface area (Å²) in [6.45, 7) is -0.411. The Hall–Kier alpha value is -3.69. The molecular weight excluding hydrogens is 316 g/mol. The fourth-order valence-electron chi connectivity index (χ4n) is 1.62. The number of pyridine rings is 1. The number of hydrogen-bond donors (Lipinski definition) is 5. The van der Waals surface area contributed by atoms with Crippen LogP contribution < -0.4 is 16.4 Å². The van der Waals surface area contributed by atoms with Gasteiger partial charge in [0.25, 0.3) is 0 Å². The van der Waals surface area contributed by atoms with Crippen LogP contribution in [-0.2, 0) is 4.79 Å². The second-order valence-corrected chi connectivity index (χ2v) is 4.50. The lowest BCUT2D eigenvalue weighted by Crippen LogP contribution is -2.31. The molecule has 0 aliphatic heterocycles. The van der Waals surface area contributed by atoms with E-state index in [1.165, 1.54) is 18.2 Å². The third-order valence-electron chi connectivity index (χ3n) is 2.72. The van der Waals surface area contributed by atoms with Crippen LogP contribution in [0.2, 0.25) is 0 Å². The molecule has 2 aromatic rings. The number of amides is 2. The first-order valence-electron chi connectivity index (χ1n) is 6.68. The smallest absolute Gasteiger partial charge is 0.405 e. The number of carbonyl (C=O) groups excluding carboxylic acids is 1. The van der Waals surface area contributed by atoms with Crippen LogP contribution in [0.15, 0.2) is 46.6 Å². The molecule has 1 heterocycles. The number of nitrogens with one attached hydrogen (secondary N) is 2. The minimum Gasteiger partial charge on any atom is -0.506 e. The summed E-state index contributed by atoms with van der Waals surface area (Å²) < 4.78 is 0. The van der Waals surface area contributed by atoms with Crippen molar-refractivity contribution in [2.24, 2.45) is 10.2 Å². The third kappa shape index (κ3) is 4.66. The maximum absolute atomic E-state index is 11.5. The SMILES string of the molecule is Nc1nc(NC(=O)CNC(=O)O)ccc1/N=N/c1ccccc1O. The molecule has 0 saturated carbocycles. The highest BCUT2D eigenvalue weighted by Crippen LogP contribution is 2.29. The number of nitrogen functional groups attached to an aromatic ring is 1. The van der Waals surface area contributed by atoms with E-state index < -0.39 is 18.5 Å². The molecule has 1 aromatic carbocycles. The van der Waals surface area contributed by atoms with E-state index in [-0.39, 0.29) is 28.8 Å². The number of azo groups is 1. The van der Waals surface area contributed by atoms with Gasteiger partial charge in [-0.15, -0.1) is 10.2 Å². The summed E-state index contributed by atoms with van der Waals surface area (Å²) >= 11 is 0. The van der Waals surface area contributed by atoms with Crippen molar-refractivity contribution in [3.8, 4) is 5.75 Å². The summed E-state index contributed by atoms with van der Waals surface area (Å²) in [6, 6.07) is 9.31. The van der Waals surface area contributed by atoms with Crippen LogP contribution in [0, 0.1) is 0 Å². The Balaban J connectivity index is 2.06. The van der Waals surface area contributed by atoms with Crippen LogP contribution in [0.4, 0.5) is 27.8 Å². The quantitative estimate of drug-likeness (QED) is 0.526. The van der Waals surface area contributed by atoms with Crippen molar-refractivity contribution in [1.29, 1.82) is 0 Å². The number of benzene rings is 1. The molecule has 0 bridgehead atoms. The number of nitrogens with zero attached hydrogens (tertiary/aromatic N) is 3. The molecule has 0 spiro atoms. The largest absolute Gasteiger partial charge is 0.506 e. The number of carboxylic acid groups (broad SMARTS) is 1. The number of carbonyl (C=O) groups is 2. The number of anilines is 2. The van der Waals surface area contributed by atoms with E-state index in [2.05, 4.69) is 20.5 Å². The van der Waals surface area contributed by atoms with E-state index in [1.807, 2.05) is 5.32 Å². The van der Waals surface area contributed by atoms with Gasteiger partial charge in [0, 0.05) is 0 Å². The van der Waals surface area contributed by atoms with Gasteiger partial charge in [0.1, 0.15) is 29.5 Å². The van der Waals surface area contributed by atoms with Gasteiger partial charge in [-0.25, -0.2) is 9.78 Å². The Morgan fingerprint density at radius 1 is 1.12 bits per heavy atom. The van der Waals surface area contributed by atoms with Gasteiger partial charge in [0.15, 0.2) is 5.82 Å². The van der Waals surface area contributed by atoms with Crippen molar-refractivity contribution in [3.63, 3.8) is 0 Å². The summed E-state index contributed by atoms with van der Waals surface area (Å²) in [5, 5.41) is 30.1. The standard InChI is InChI=1S/C14H14N6O4/c15-13-9(20-19-8-3-1-2-4-10(8)21)5-6-11(18-13)17-12(22)7-16-14(23)24/h1-6,16,21H,7H2,(H,23,24)(H3,15,17,18,22)/b20-19+. The molecule has 0 fully saturated rings. The molecule has 0 atom stereocenters. The monoisotopic (exact) mass is 330 g/mol. The predicted octanol–water partition coefficient (Wildman–Crippen LogP) is 1.99. The molecule has 1 aromatic heterocycles. The van der Waals surface area contributed by atoms with Crippen molar-refractivity contribution in [1.82, 2.24) is 10.3 Å². The van der Waals surface area contributed by atoms with Crippen molar-refractivity contribution < 1.29 is 19.8 Å². The Kier molecular flexibility index (Phi) is 5.24. The number of hydrogen-bond acceptors (Lipinski definition) is 7. The van der Waals surface area contributed by atoms with Gasteiger partial charge < -0.3 is 26.6 Å². The first-order valence-corrected chi connectivity index (χ1v) is 6.68. The minimum atomic E-state index is -1.31. The van der Waals surface area contributed by atoms with E-state index >= 15 is 0 Å². The number of rotatable bonds is 5. The van der Waals surface area contributed by atoms with Gasteiger partial charge in [-0.05, 0) is 24.3 Å². The zero-order valence-electron chi connectivity index (χ0n) is 12.3. The third-order valence-corrected chi connectivity index (χ3v) is 2.72. The van der Waals surface area contributed by atoms with Crippen molar-refractivity contribution in [3.05, 3.63) is 36.4 Å². The molecule has 0 saturated heterocycles. The van der Waals surface area contributed by atoms with Crippen molar-refractivity contribution in [2.75, 3.05) is 17.6 Å². The number of para-hydroxylation sites is 1. The first-order chi connectivity index (χ1) is 11.5. The van der Waals surface area contributed by atoms with Crippen LogP contribution in [0.3, 0.4) is 0 Å². The van der Waals surface area contributed by atoms with Gasteiger partial charge in [0.2, 0.25) is 5.91 Å². The molecule has 24 heavy (non-hydrogen) atoms. The summed E-state index contributed by atoms with van der Waals surface area (Å²) in [7, 11) is 0. The summed E-state index contributed by atoms with van der Waals surface area (Å²) in [5.74, 6) is -0.458. The Morgan fingerprint density at radius 3 is 2.50 bits per heavy atom. The van der Waals surface area contributed by atoms with E-state index in [1.54, 1.807) is 18.2 Å². The van der Waals surface area contributed by atoms with E-state index in [0.29, 0.717) is 0 Å². The highest BCUT2D eigenvalue weighted by molar-refractivity contribution is 5.93. The van der Waals surface area contributed by atoms with Crippen LogP contribution >= 0.6 is 0 Å². The van der Waals surface area contributed by atoms with E-state index in [4.69, 9.17) is 10.8 Å². The number of phenolic OH excluding ortho intramolecular Hbond substituents is 1. The second kappa shape index (κ2) is 7.54. The summed E-state index contributed by atoms with van der Waals surface area (Å²) in [5.41, 5.74) is 6.26. The highest BCUT2D eigenvalue weighted by Gasteiger charge is 2.07. The van der Waals surface area contributed by atoms with E-state index in [0.717, 1.165) is 0 Å². The van der Waals surface area contributed by atoms with Gasteiger partial charge >= 0.3 is 6.09 Å². The topological polar surface area (TPSA) is 162 Å². The first kappa shape index (κ1) is 16.7. The molecule has 0 aliphatic carbocycles. The summed E-state index contributed by atoms with van der Waals surface area (Å²) in [4.78, 5) is 25.7. The Bertz CT molecular complexity index is 793. The maximum Gasteiger partial charge on any atom is 0.405 e. The molecule has 10 heteroatoms. The van der Waals surface area contributed by atoms with E-state index in [9.17, 15) is 14.7 Å². The maximum atomic E-state index is 11.5. The van der Waals surface area contributed by atoms with Crippen LogP contribution in [0.5, 0.6) is 5.75 Å². The van der Waals surface area contributed by atoms with Crippen LogP contribution in [0.1, 0.15) is 0 Å². The summed E-state index contributed by atoms with van der Waals surface area (Å²) in [6.07, 6.45) is -1.31. The number of nitrogens with two attached hydrogens (primary N) is 1. The van der Waals surface area contributed by atoms with Gasteiger partial charge in [-0.2, -0.15) is 0 Å².